The number of anilines is 1. The lowest BCUT2D eigenvalue weighted by Crippen LogP contribution is -2.35. The lowest BCUT2D eigenvalue weighted by atomic mass is 9.75. The van der Waals surface area contributed by atoms with Gasteiger partial charge < -0.3 is 11.1 Å². The molecule has 1 aliphatic carbocycles. The molecule has 0 bridgehead atoms. The van der Waals surface area contributed by atoms with Crippen molar-refractivity contribution in [3.8, 4) is 11.8 Å². The molecule has 0 radical (unpaired) electrons. The highest BCUT2D eigenvalue weighted by Crippen LogP contribution is 2.36. The van der Waals surface area contributed by atoms with E-state index < -0.39 is 0 Å². The topological polar surface area (TPSA) is 55.1 Å². The largest absolute Gasteiger partial charge is 0.326 e. The maximum atomic E-state index is 12.5. The van der Waals surface area contributed by atoms with E-state index >= 15 is 0 Å². The van der Waals surface area contributed by atoms with E-state index in [1.807, 2.05) is 25.1 Å². The van der Waals surface area contributed by atoms with Crippen molar-refractivity contribution in [3.63, 3.8) is 0 Å². The Bertz CT molecular complexity index is 575. The molecule has 1 amide bonds. The van der Waals surface area contributed by atoms with Gasteiger partial charge in [0.2, 0.25) is 5.91 Å². The van der Waals surface area contributed by atoms with Crippen molar-refractivity contribution < 1.29 is 4.79 Å². The summed E-state index contributed by atoms with van der Waals surface area (Å²) in [6, 6.07) is 5.86. The summed E-state index contributed by atoms with van der Waals surface area (Å²) in [5.74, 6) is 6.04. The van der Waals surface area contributed by atoms with Crippen molar-refractivity contribution in [1.29, 1.82) is 0 Å². The van der Waals surface area contributed by atoms with Gasteiger partial charge in [-0.15, -0.1) is 0 Å². The minimum absolute atomic E-state index is 0.129. The number of amides is 1. The molecule has 2 rings (SSSR count). The number of carbonyl (C=O) groups is 1. The molecule has 0 spiro atoms. The Morgan fingerprint density at radius 2 is 2.05 bits per heavy atom. The molecule has 0 unspecified atom stereocenters. The fourth-order valence-corrected chi connectivity index (χ4v) is 2.82. The predicted octanol–water partition coefficient (Wildman–Crippen LogP) is 3.21. The van der Waals surface area contributed by atoms with E-state index in [9.17, 15) is 4.79 Å². The highest BCUT2D eigenvalue weighted by molar-refractivity contribution is 5.95. The van der Waals surface area contributed by atoms with E-state index in [1.54, 1.807) is 0 Å². The van der Waals surface area contributed by atoms with E-state index in [-0.39, 0.29) is 11.3 Å². The molecule has 0 aliphatic heterocycles. The number of carbonyl (C=O) groups excluding carboxylic acids is 1. The van der Waals surface area contributed by atoms with Crippen molar-refractivity contribution in [2.45, 2.75) is 46.0 Å². The fraction of sp³-hybridized carbons (Fsp3) is 0.500. The van der Waals surface area contributed by atoms with Gasteiger partial charge in [0, 0.05) is 16.7 Å². The van der Waals surface area contributed by atoms with E-state index in [2.05, 4.69) is 24.1 Å². The summed E-state index contributed by atoms with van der Waals surface area (Å²) in [4.78, 5) is 12.5. The summed E-state index contributed by atoms with van der Waals surface area (Å²) in [6.07, 6.45) is 5.48. The molecule has 21 heavy (non-hydrogen) atoms. The first-order chi connectivity index (χ1) is 10.0. The van der Waals surface area contributed by atoms with Crippen LogP contribution < -0.4 is 11.1 Å². The van der Waals surface area contributed by atoms with Crippen LogP contribution in [0.4, 0.5) is 5.69 Å². The van der Waals surface area contributed by atoms with E-state index in [0.717, 1.165) is 42.5 Å². The normalized spacial score (nSPS) is 16.7. The molecule has 0 aromatic heterocycles. The molecule has 1 fully saturated rings. The third-order valence-corrected chi connectivity index (χ3v) is 4.33. The van der Waals surface area contributed by atoms with Crippen LogP contribution >= 0.6 is 0 Å². The highest BCUT2D eigenvalue weighted by atomic mass is 16.2. The van der Waals surface area contributed by atoms with Crippen LogP contribution in [0.25, 0.3) is 0 Å². The summed E-state index contributed by atoms with van der Waals surface area (Å²) in [5, 5.41) is 3.06. The maximum Gasteiger partial charge on any atom is 0.230 e. The number of aryl methyl sites for hydroxylation is 1. The number of nitrogens with two attached hydrogens (primary N) is 1. The molecule has 3 N–H and O–H groups in total. The second-order valence-electron chi connectivity index (χ2n) is 6.11. The summed E-state index contributed by atoms with van der Waals surface area (Å²) in [7, 11) is 0. The predicted molar refractivity (Wildman–Crippen MR) is 86.9 cm³/mol. The van der Waals surface area contributed by atoms with Crippen LogP contribution in [-0.4, -0.2) is 12.5 Å². The average molecular weight is 284 g/mol. The van der Waals surface area contributed by atoms with E-state index in [0.29, 0.717) is 6.54 Å². The van der Waals surface area contributed by atoms with Crippen molar-refractivity contribution in [2.75, 3.05) is 11.9 Å². The Hall–Kier alpha value is -1.79. The van der Waals surface area contributed by atoms with Gasteiger partial charge in [0.05, 0.1) is 6.54 Å². The number of rotatable bonds is 2. The lowest BCUT2D eigenvalue weighted by molar-refractivity contribution is -0.126. The zero-order chi connectivity index (χ0) is 15.3. The lowest BCUT2D eigenvalue weighted by Gasteiger charge is -2.32. The van der Waals surface area contributed by atoms with Crippen LogP contribution in [0.2, 0.25) is 0 Å². The van der Waals surface area contributed by atoms with Gasteiger partial charge in [0.15, 0.2) is 0 Å². The van der Waals surface area contributed by atoms with Gasteiger partial charge in [0.25, 0.3) is 0 Å². The molecule has 1 aromatic carbocycles. The van der Waals surface area contributed by atoms with E-state index in [1.165, 1.54) is 6.42 Å². The van der Waals surface area contributed by atoms with Crippen molar-refractivity contribution in [3.05, 3.63) is 29.3 Å². The Labute approximate surface area is 127 Å². The van der Waals surface area contributed by atoms with E-state index in [4.69, 9.17) is 5.73 Å². The molecule has 0 saturated heterocycles. The minimum Gasteiger partial charge on any atom is -0.326 e. The molecule has 1 saturated carbocycles. The molecule has 0 atom stereocenters. The van der Waals surface area contributed by atoms with Gasteiger partial charge >= 0.3 is 0 Å². The minimum atomic E-state index is -0.230. The first-order valence-electron chi connectivity index (χ1n) is 7.66. The van der Waals surface area contributed by atoms with Crippen molar-refractivity contribution in [1.82, 2.24) is 0 Å². The number of hydrogen-bond donors (Lipinski definition) is 2. The SMILES string of the molecule is Cc1ccc(NC(=O)C2(C)CCCCC2)cc1C#CCN. The van der Waals surface area contributed by atoms with Crippen LogP contribution in [0.3, 0.4) is 0 Å². The summed E-state index contributed by atoms with van der Waals surface area (Å²) in [6.45, 7) is 4.42. The van der Waals surface area contributed by atoms with Gasteiger partial charge in [0.1, 0.15) is 0 Å². The number of nitrogens with one attached hydrogen (secondary N) is 1. The van der Waals surface area contributed by atoms with Gasteiger partial charge in [-0.05, 0) is 37.5 Å². The zero-order valence-electron chi connectivity index (χ0n) is 13.0. The molecule has 0 heterocycles. The third-order valence-electron chi connectivity index (χ3n) is 4.33. The molecular formula is C18H24N2O. The number of hydrogen-bond acceptors (Lipinski definition) is 2. The number of benzene rings is 1. The van der Waals surface area contributed by atoms with Crippen LogP contribution in [0.1, 0.15) is 50.2 Å². The Balaban J connectivity index is 2.14. The highest BCUT2D eigenvalue weighted by Gasteiger charge is 2.34. The van der Waals surface area contributed by atoms with Crippen molar-refractivity contribution in [2.24, 2.45) is 11.1 Å². The maximum absolute atomic E-state index is 12.5. The monoisotopic (exact) mass is 284 g/mol. The molecular weight excluding hydrogens is 260 g/mol. The second-order valence-corrected chi connectivity index (χ2v) is 6.11. The van der Waals surface area contributed by atoms with Crippen LogP contribution in [0, 0.1) is 24.2 Å². The molecule has 3 nitrogen and oxygen atoms in total. The summed E-state index contributed by atoms with van der Waals surface area (Å²) >= 11 is 0. The summed E-state index contributed by atoms with van der Waals surface area (Å²) < 4.78 is 0. The zero-order valence-corrected chi connectivity index (χ0v) is 13.0. The van der Waals surface area contributed by atoms with Crippen molar-refractivity contribution >= 4 is 11.6 Å². The Morgan fingerprint density at radius 1 is 1.33 bits per heavy atom. The van der Waals surface area contributed by atoms with Crippen LogP contribution in [-0.2, 0) is 4.79 Å². The molecule has 1 aromatic rings. The smallest absolute Gasteiger partial charge is 0.230 e. The fourth-order valence-electron chi connectivity index (χ4n) is 2.82. The van der Waals surface area contributed by atoms with Crippen LogP contribution in [0.5, 0.6) is 0 Å². The van der Waals surface area contributed by atoms with Gasteiger partial charge in [-0.2, -0.15) is 0 Å². The molecule has 3 heteroatoms. The molecule has 1 aliphatic rings. The van der Waals surface area contributed by atoms with Gasteiger partial charge in [-0.3, -0.25) is 4.79 Å². The first-order valence-corrected chi connectivity index (χ1v) is 7.66. The average Bonchev–Trinajstić information content (AvgIpc) is 2.48. The second kappa shape index (κ2) is 6.78. The van der Waals surface area contributed by atoms with Gasteiger partial charge in [-0.1, -0.05) is 44.1 Å². The van der Waals surface area contributed by atoms with Gasteiger partial charge in [-0.25, -0.2) is 0 Å². The third kappa shape index (κ3) is 3.86. The quantitative estimate of drug-likeness (QED) is 0.819. The Kier molecular flexibility index (Phi) is 5.03. The molecule has 112 valence electrons. The van der Waals surface area contributed by atoms with Crippen LogP contribution in [0.15, 0.2) is 18.2 Å². The Morgan fingerprint density at radius 3 is 2.71 bits per heavy atom. The first kappa shape index (κ1) is 15.6. The standard InChI is InChI=1S/C18H24N2O/c1-14-8-9-16(13-15(14)7-6-12-19)20-17(21)18(2)10-4-3-5-11-18/h8-9,13H,3-5,10-12,19H2,1-2H3,(H,20,21). The summed E-state index contributed by atoms with van der Waals surface area (Å²) in [5.41, 5.74) is 8.02.